The zero-order valence-corrected chi connectivity index (χ0v) is 13.3. The number of hydrogen-bond acceptors (Lipinski definition) is 2. The van der Waals surface area contributed by atoms with E-state index in [1.54, 1.807) is 0 Å². The molecule has 2 heterocycles. The number of pyridine rings is 1. The molecular weight excluding hydrogens is 258 g/mol. The van der Waals surface area contributed by atoms with Crippen LogP contribution in [0.4, 0.5) is 0 Å². The van der Waals surface area contributed by atoms with Gasteiger partial charge < -0.3 is 0 Å². The van der Waals surface area contributed by atoms with Gasteiger partial charge in [-0.3, -0.25) is 9.67 Å². The molecule has 0 fully saturated rings. The minimum absolute atomic E-state index is 0.115. The maximum atomic E-state index is 4.71. The van der Waals surface area contributed by atoms with Gasteiger partial charge in [0.05, 0.1) is 11.9 Å². The highest BCUT2D eigenvalue weighted by Gasteiger charge is 2.18. The summed E-state index contributed by atoms with van der Waals surface area (Å²) in [5, 5.41) is 6.77. The molecule has 0 radical (unpaired) electrons. The van der Waals surface area contributed by atoms with Gasteiger partial charge in [-0.1, -0.05) is 39.0 Å². The van der Waals surface area contributed by atoms with Crippen LogP contribution in [0.1, 0.15) is 31.9 Å². The quantitative estimate of drug-likeness (QED) is 0.667. The predicted molar refractivity (Wildman–Crippen MR) is 87.4 cm³/mol. The molecule has 2 aromatic heterocycles. The topological polar surface area (TPSA) is 30.7 Å². The Morgan fingerprint density at radius 3 is 2.43 bits per heavy atom. The molecule has 3 heteroatoms. The lowest BCUT2D eigenvalue weighted by atomic mass is 9.83. The summed E-state index contributed by atoms with van der Waals surface area (Å²) in [6.45, 7) is 8.87. The molecule has 0 aliphatic rings. The molecule has 0 N–H and O–H groups in total. The minimum atomic E-state index is 0.115. The first-order chi connectivity index (χ1) is 9.88. The molecule has 3 nitrogen and oxygen atoms in total. The molecule has 0 saturated carbocycles. The fourth-order valence-corrected chi connectivity index (χ4v) is 2.87. The van der Waals surface area contributed by atoms with Crippen LogP contribution in [-0.2, 0) is 12.5 Å². The van der Waals surface area contributed by atoms with E-state index in [-0.39, 0.29) is 5.41 Å². The average Bonchev–Trinajstić information content (AvgIpc) is 2.84. The normalized spacial score (nSPS) is 12.0. The molecule has 1 aromatic carbocycles. The van der Waals surface area contributed by atoms with Crippen molar-refractivity contribution in [1.82, 2.24) is 14.8 Å². The summed E-state index contributed by atoms with van der Waals surface area (Å²) in [4.78, 5) is 4.71. The number of aryl methyl sites for hydroxylation is 2. The molecule has 0 bridgehead atoms. The molecule has 0 saturated heterocycles. The Balaban J connectivity index is 2.28. The number of rotatable bonds is 1. The highest BCUT2D eigenvalue weighted by Crippen LogP contribution is 2.33. The summed E-state index contributed by atoms with van der Waals surface area (Å²) in [6, 6.07) is 6.53. The summed E-state index contributed by atoms with van der Waals surface area (Å²) in [6.07, 6.45) is 5.88. The van der Waals surface area contributed by atoms with Crippen molar-refractivity contribution in [3.8, 4) is 11.3 Å². The average molecular weight is 279 g/mol. The van der Waals surface area contributed by atoms with Gasteiger partial charge in [-0.15, -0.1) is 0 Å². The smallest absolute Gasteiger partial charge is 0.0769 e. The number of nitrogens with zero attached hydrogens (tertiary/aromatic N) is 3. The maximum Gasteiger partial charge on any atom is 0.0769 e. The van der Waals surface area contributed by atoms with Crippen molar-refractivity contribution in [3.63, 3.8) is 0 Å². The molecule has 0 aliphatic carbocycles. The first kappa shape index (κ1) is 13.8. The summed E-state index contributed by atoms with van der Waals surface area (Å²) in [5.41, 5.74) is 4.75. The van der Waals surface area contributed by atoms with E-state index >= 15 is 0 Å². The highest BCUT2D eigenvalue weighted by atomic mass is 15.2. The standard InChI is InChI=1S/C18H21N3/c1-12-14-7-6-8-16(18(2,3)4)15(14)10-19-17(12)13-9-20-21(5)11-13/h6-11H,1-5H3. The SMILES string of the molecule is Cc1c(-c2cnn(C)c2)ncc2c(C(C)(C)C)cccc12. The first-order valence-corrected chi connectivity index (χ1v) is 7.26. The predicted octanol–water partition coefficient (Wildman–Crippen LogP) is 4.24. The van der Waals surface area contributed by atoms with Gasteiger partial charge in [0.25, 0.3) is 0 Å². The Kier molecular flexibility index (Phi) is 3.08. The van der Waals surface area contributed by atoms with Crippen LogP contribution in [0.2, 0.25) is 0 Å². The summed E-state index contributed by atoms with van der Waals surface area (Å²) < 4.78 is 1.81. The van der Waals surface area contributed by atoms with Gasteiger partial charge in [-0.05, 0) is 28.9 Å². The van der Waals surface area contributed by atoms with Crippen LogP contribution in [0.5, 0.6) is 0 Å². The van der Waals surface area contributed by atoms with Gasteiger partial charge in [0.1, 0.15) is 0 Å². The fourth-order valence-electron chi connectivity index (χ4n) is 2.87. The molecule has 3 rings (SSSR count). The molecule has 0 atom stereocenters. The Bertz CT molecular complexity index is 807. The Hall–Kier alpha value is -2.16. The number of fused-ring (bicyclic) bond motifs is 1. The van der Waals surface area contributed by atoms with E-state index in [1.165, 1.54) is 21.9 Å². The molecular formula is C18H21N3. The monoisotopic (exact) mass is 279 g/mol. The van der Waals surface area contributed by atoms with E-state index < -0.39 is 0 Å². The third-order valence-corrected chi connectivity index (χ3v) is 3.97. The van der Waals surface area contributed by atoms with E-state index in [4.69, 9.17) is 4.98 Å². The van der Waals surface area contributed by atoms with Crippen LogP contribution in [0, 0.1) is 6.92 Å². The third kappa shape index (κ3) is 2.33. The lowest BCUT2D eigenvalue weighted by molar-refractivity contribution is 0.596. The van der Waals surface area contributed by atoms with Gasteiger partial charge in [0.2, 0.25) is 0 Å². The second-order valence-electron chi connectivity index (χ2n) is 6.65. The van der Waals surface area contributed by atoms with Gasteiger partial charge in [-0.2, -0.15) is 5.10 Å². The van der Waals surface area contributed by atoms with Gasteiger partial charge in [0.15, 0.2) is 0 Å². The first-order valence-electron chi connectivity index (χ1n) is 7.26. The fraction of sp³-hybridized carbons (Fsp3) is 0.333. The van der Waals surface area contributed by atoms with E-state index in [0.717, 1.165) is 11.3 Å². The molecule has 108 valence electrons. The highest BCUT2D eigenvalue weighted by molar-refractivity contribution is 5.92. The van der Waals surface area contributed by atoms with Crippen LogP contribution in [0.15, 0.2) is 36.8 Å². The van der Waals surface area contributed by atoms with Crippen molar-refractivity contribution < 1.29 is 0 Å². The summed E-state index contributed by atoms with van der Waals surface area (Å²) >= 11 is 0. The molecule has 0 spiro atoms. The lowest BCUT2D eigenvalue weighted by Crippen LogP contribution is -2.11. The second kappa shape index (κ2) is 4.69. The van der Waals surface area contributed by atoms with Crippen LogP contribution in [0.3, 0.4) is 0 Å². The Labute approximate surface area is 125 Å². The summed E-state index contributed by atoms with van der Waals surface area (Å²) in [7, 11) is 1.93. The van der Waals surface area contributed by atoms with E-state index in [9.17, 15) is 0 Å². The van der Waals surface area contributed by atoms with Crippen LogP contribution < -0.4 is 0 Å². The zero-order valence-electron chi connectivity index (χ0n) is 13.3. The van der Waals surface area contributed by atoms with Crippen molar-refractivity contribution >= 4 is 10.8 Å². The van der Waals surface area contributed by atoms with Crippen LogP contribution in [0.25, 0.3) is 22.0 Å². The van der Waals surface area contributed by atoms with Crippen molar-refractivity contribution in [2.75, 3.05) is 0 Å². The number of aromatic nitrogens is 3. The van der Waals surface area contributed by atoms with Crippen LogP contribution in [-0.4, -0.2) is 14.8 Å². The van der Waals surface area contributed by atoms with E-state index in [0.29, 0.717) is 0 Å². The number of hydrogen-bond donors (Lipinski definition) is 0. The van der Waals surface area contributed by atoms with Gasteiger partial charge in [-0.25, -0.2) is 0 Å². The Morgan fingerprint density at radius 1 is 1.05 bits per heavy atom. The van der Waals surface area contributed by atoms with E-state index in [2.05, 4.69) is 51.0 Å². The largest absolute Gasteiger partial charge is 0.275 e. The molecule has 21 heavy (non-hydrogen) atoms. The maximum absolute atomic E-state index is 4.71. The second-order valence-corrected chi connectivity index (χ2v) is 6.65. The minimum Gasteiger partial charge on any atom is -0.275 e. The molecule has 0 aliphatic heterocycles. The van der Waals surface area contributed by atoms with Gasteiger partial charge in [0, 0.05) is 30.4 Å². The Morgan fingerprint density at radius 2 is 1.81 bits per heavy atom. The molecule has 0 unspecified atom stereocenters. The van der Waals surface area contributed by atoms with E-state index in [1.807, 2.05) is 30.3 Å². The van der Waals surface area contributed by atoms with Crippen molar-refractivity contribution in [2.24, 2.45) is 7.05 Å². The third-order valence-electron chi connectivity index (χ3n) is 3.97. The number of benzene rings is 1. The lowest BCUT2D eigenvalue weighted by Gasteiger charge is -2.22. The molecule has 3 aromatic rings. The van der Waals surface area contributed by atoms with Crippen molar-refractivity contribution in [1.29, 1.82) is 0 Å². The molecule has 0 amide bonds. The van der Waals surface area contributed by atoms with Crippen molar-refractivity contribution in [2.45, 2.75) is 33.1 Å². The zero-order chi connectivity index (χ0) is 15.2. The van der Waals surface area contributed by atoms with Crippen LogP contribution >= 0.6 is 0 Å². The van der Waals surface area contributed by atoms with Gasteiger partial charge >= 0.3 is 0 Å². The summed E-state index contributed by atoms with van der Waals surface area (Å²) in [5.74, 6) is 0. The van der Waals surface area contributed by atoms with Crippen molar-refractivity contribution in [3.05, 3.63) is 47.9 Å².